The Morgan fingerprint density at radius 2 is 2.09 bits per heavy atom. The van der Waals surface area contributed by atoms with Crippen LogP contribution in [-0.4, -0.2) is 27.2 Å². The molecule has 118 valence electrons. The van der Waals surface area contributed by atoms with Crippen LogP contribution in [0.2, 0.25) is 0 Å². The van der Waals surface area contributed by atoms with Gasteiger partial charge in [-0.25, -0.2) is 9.45 Å². The van der Waals surface area contributed by atoms with Gasteiger partial charge in [0.2, 0.25) is 0 Å². The summed E-state index contributed by atoms with van der Waals surface area (Å²) in [4.78, 5) is 14.7. The number of benzene rings is 2. The Bertz CT molecular complexity index is 903. The van der Waals surface area contributed by atoms with Crippen LogP contribution in [0.1, 0.15) is 5.56 Å². The third kappa shape index (κ3) is 2.64. The number of non-ortho nitro benzene ring substituents is 1. The summed E-state index contributed by atoms with van der Waals surface area (Å²) in [7, 11) is 0. The van der Waals surface area contributed by atoms with Crippen molar-refractivity contribution in [3.63, 3.8) is 0 Å². The largest absolute Gasteiger partial charge is 0.286 e. The molecule has 0 radical (unpaired) electrons. The lowest BCUT2D eigenvalue weighted by Crippen LogP contribution is -2.45. The Kier molecular flexibility index (Phi) is 3.97. The monoisotopic (exact) mass is 335 g/mol. The first-order valence-electron chi connectivity index (χ1n) is 6.68. The highest BCUT2D eigenvalue weighted by Crippen LogP contribution is 2.22. The minimum atomic E-state index is -0.805. The molecule has 1 unspecified atom stereocenters. The summed E-state index contributed by atoms with van der Waals surface area (Å²) in [5, 5.41) is 22.8. The molecule has 0 bridgehead atoms. The molecule has 1 aliphatic rings. The quantitative estimate of drug-likeness (QED) is 0.527. The minimum absolute atomic E-state index is 0.0229. The number of rotatable bonds is 3. The predicted octanol–water partition coefficient (Wildman–Crippen LogP) is 1.78. The SMILES string of the molecule is O=[N+]([O-])c1ccc2c(c1)=C(c1ccccc1F)N(O)C(CCl)N=2. The molecule has 1 N–H and O–H groups in total. The summed E-state index contributed by atoms with van der Waals surface area (Å²) < 4.78 is 14.2. The lowest BCUT2D eigenvalue weighted by Gasteiger charge is -2.28. The van der Waals surface area contributed by atoms with Gasteiger partial charge < -0.3 is 0 Å². The number of fused-ring (bicyclic) bond motifs is 1. The predicted molar refractivity (Wildman–Crippen MR) is 80.9 cm³/mol. The highest BCUT2D eigenvalue weighted by Gasteiger charge is 2.26. The summed E-state index contributed by atoms with van der Waals surface area (Å²) in [6.45, 7) is 0. The van der Waals surface area contributed by atoms with Crippen LogP contribution in [0, 0.1) is 15.9 Å². The molecule has 1 aliphatic heterocycles. The van der Waals surface area contributed by atoms with Crippen molar-refractivity contribution in [2.24, 2.45) is 4.99 Å². The van der Waals surface area contributed by atoms with Crippen molar-refractivity contribution in [1.82, 2.24) is 5.06 Å². The van der Waals surface area contributed by atoms with Gasteiger partial charge in [0, 0.05) is 22.9 Å². The number of nitro groups is 1. The molecule has 6 nitrogen and oxygen atoms in total. The Morgan fingerprint density at radius 3 is 2.74 bits per heavy atom. The maximum absolute atomic E-state index is 14.2. The summed E-state index contributed by atoms with van der Waals surface area (Å²) >= 11 is 5.81. The second-order valence-corrected chi connectivity index (χ2v) is 5.20. The summed E-state index contributed by atoms with van der Waals surface area (Å²) in [5.74, 6) is -0.584. The molecular weight excluding hydrogens is 325 g/mol. The van der Waals surface area contributed by atoms with E-state index in [1.54, 1.807) is 6.07 Å². The molecule has 0 saturated heterocycles. The zero-order chi connectivity index (χ0) is 16.6. The highest BCUT2D eigenvalue weighted by atomic mass is 35.5. The van der Waals surface area contributed by atoms with Crippen molar-refractivity contribution >= 4 is 23.0 Å². The Morgan fingerprint density at radius 1 is 1.35 bits per heavy atom. The molecule has 0 fully saturated rings. The number of halogens is 2. The third-order valence-corrected chi connectivity index (χ3v) is 3.79. The Balaban J connectivity index is 2.41. The maximum atomic E-state index is 14.2. The number of hydrogen-bond acceptors (Lipinski definition) is 5. The fraction of sp³-hybridized carbons (Fsp3) is 0.133. The molecule has 8 heteroatoms. The molecule has 0 saturated carbocycles. The van der Waals surface area contributed by atoms with Gasteiger partial charge in [0.15, 0.2) is 6.17 Å². The first kappa shape index (κ1) is 15.4. The summed E-state index contributed by atoms with van der Waals surface area (Å²) in [6, 6.07) is 9.87. The number of alkyl halides is 1. The normalized spacial score (nSPS) is 16.7. The molecule has 1 atom stereocenters. The first-order valence-corrected chi connectivity index (χ1v) is 7.22. The Hall–Kier alpha value is -2.51. The first-order chi connectivity index (χ1) is 11.0. The standard InChI is InChI=1S/C15H11ClFN3O3/c16-8-14-18-13-6-5-9(20(22)23)7-11(13)15(19(14)21)10-3-1-2-4-12(10)17/h1-7,14,21H,8H2. The van der Waals surface area contributed by atoms with Crippen LogP contribution >= 0.6 is 11.6 Å². The fourth-order valence-corrected chi connectivity index (χ4v) is 2.65. The van der Waals surface area contributed by atoms with E-state index in [4.69, 9.17) is 11.6 Å². The van der Waals surface area contributed by atoms with Crippen molar-refractivity contribution in [1.29, 1.82) is 0 Å². The molecule has 23 heavy (non-hydrogen) atoms. The van der Waals surface area contributed by atoms with Gasteiger partial charge in [0.25, 0.3) is 5.69 Å². The third-order valence-electron chi connectivity index (χ3n) is 3.51. The molecule has 0 spiro atoms. The van der Waals surface area contributed by atoms with Crippen molar-refractivity contribution in [2.75, 3.05) is 5.88 Å². The fourth-order valence-electron chi connectivity index (χ4n) is 2.45. The van der Waals surface area contributed by atoms with E-state index in [1.807, 2.05) is 0 Å². The van der Waals surface area contributed by atoms with Gasteiger partial charge in [0.05, 0.1) is 21.9 Å². The summed E-state index contributed by atoms with van der Waals surface area (Å²) in [6.07, 6.45) is -0.805. The van der Waals surface area contributed by atoms with Gasteiger partial charge in [-0.3, -0.25) is 20.3 Å². The smallest absolute Gasteiger partial charge is 0.270 e. The summed E-state index contributed by atoms with van der Waals surface area (Å²) in [5.41, 5.74) is 0.0368. The van der Waals surface area contributed by atoms with Crippen LogP contribution in [0.25, 0.3) is 5.70 Å². The van der Waals surface area contributed by atoms with E-state index in [-0.39, 0.29) is 28.0 Å². The van der Waals surface area contributed by atoms with Crippen LogP contribution in [0.4, 0.5) is 10.1 Å². The van der Waals surface area contributed by atoms with Gasteiger partial charge >= 0.3 is 0 Å². The molecule has 2 aromatic carbocycles. The van der Waals surface area contributed by atoms with Gasteiger partial charge in [-0.1, -0.05) is 12.1 Å². The number of hydrogen-bond donors (Lipinski definition) is 1. The zero-order valence-electron chi connectivity index (χ0n) is 11.7. The van der Waals surface area contributed by atoms with E-state index in [2.05, 4.69) is 4.99 Å². The number of nitro benzene ring substituents is 1. The zero-order valence-corrected chi connectivity index (χ0v) is 12.4. The van der Waals surface area contributed by atoms with Crippen LogP contribution in [0.3, 0.4) is 0 Å². The number of nitrogens with zero attached hydrogens (tertiary/aromatic N) is 3. The van der Waals surface area contributed by atoms with E-state index < -0.39 is 16.9 Å². The average Bonchev–Trinajstić information content (AvgIpc) is 2.55. The lowest BCUT2D eigenvalue weighted by atomic mass is 10.1. The average molecular weight is 336 g/mol. The molecule has 0 aliphatic carbocycles. The van der Waals surface area contributed by atoms with Crippen LogP contribution in [-0.2, 0) is 0 Å². The van der Waals surface area contributed by atoms with E-state index in [9.17, 15) is 19.7 Å². The van der Waals surface area contributed by atoms with Gasteiger partial charge in [-0.05, 0) is 18.2 Å². The van der Waals surface area contributed by atoms with Crippen molar-refractivity contribution in [2.45, 2.75) is 6.17 Å². The second-order valence-electron chi connectivity index (χ2n) is 4.90. The Labute approximate surface area is 134 Å². The molecular formula is C15H11ClFN3O3. The van der Waals surface area contributed by atoms with Gasteiger partial charge in [0.1, 0.15) is 5.82 Å². The number of hydroxylamine groups is 2. The van der Waals surface area contributed by atoms with E-state index in [0.29, 0.717) is 5.36 Å². The lowest BCUT2D eigenvalue weighted by molar-refractivity contribution is -0.385. The topological polar surface area (TPSA) is 79.0 Å². The molecule has 0 amide bonds. The minimum Gasteiger partial charge on any atom is -0.286 e. The van der Waals surface area contributed by atoms with Crippen LogP contribution in [0.15, 0.2) is 47.5 Å². The van der Waals surface area contributed by atoms with E-state index in [0.717, 1.165) is 5.06 Å². The van der Waals surface area contributed by atoms with Gasteiger partial charge in [-0.15, -0.1) is 11.6 Å². The van der Waals surface area contributed by atoms with Crippen molar-refractivity contribution in [3.8, 4) is 0 Å². The van der Waals surface area contributed by atoms with Crippen LogP contribution < -0.4 is 10.6 Å². The highest BCUT2D eigenvalue weighted by molar-refractivity contribution is 6.18. The second kappa shape index (κ2) is 5.94. The molecule has 1 heterocycles. The molecule has 0 aromatic heterocycles. The van der Waals surface area contributed by atoms with E-state index >= 15 is 0 Å². The maximum Gasteiger partial charge on any atom is 0.270 e. The molecule has 3 rings (SSSR count). The van der Waals surface area contributed by atoms with Crippen LogP contribution in [0.5, 0.6) is 0 Å². The molecule has 2 aromatic rings. The van der Waals surface area contributed by atoms with Gasteiger partial charge in [-0.2, -0.15) is 0 Å². The van der Waals surface area contributed by atoms with Crippen molar-refractivity contribution in [3.05, 3.63) is 74.5 Å². The van der Waals surface area contributed by atoms with Crippen molar-refractivity contribution < 1.29 is 14.5 Å². The van der Waals surface area contributed by atoms with E-state index in [1.165, 1.54) is 36.4 Å².